The molecule has 1 aromatic carbocycles. The number of Topliss-reactive ketones (excluding diaryl/α,β-unsaturated/α-hetero) is 1. The van der Waals surface area contributed by atoms with Gasteiger partial charge >= 0.3 is 0 Å². The number of carbonyl (C=O) groups excluding carboxylic acids is 1. The van der Waals surface area contributed by atoms with E-state index >= 15 is 0 Å². The third kappa shape index (κ3) is 2.84. The molecule has 0 radical (unpaired) electrons. The molecule has 0 unspecified atom stereocenters. The Kier molecular flexibility index (Phi) is 4.30. The van der Waals surface area contributed by atoms with Crippen molar-refractivity contribution >= 4 is 32.7 Å². The molecule has 2 rings (SSSR count). The molecule has 0 aliphatic heterocycles. The second-order valence-corrected chi connectivity index (χ2v) is 5.39. The molecule has 0 N–H and O–H groups in total. The van der Waals surface area contributed by atoms with Gasteiger partial charge in [0.25, 0.3) is 0 Å². The summed E-state index contributed by atoms with van der Waals surface area (Å²) in [5, 5.41) is 0.700. The van der Waals surface area contributed by atoms with Crippen LogP contribution in [0.4, 0.5) is 0 Å². The van der Waals surface area contributed by atoms with E-state index in [9.17, 15) is 4.79 Å². The largest absolute Gasteiger partial charge is 0.294 e. The molecule has 1 heterocycles. The van der Waals surface area contributed by atoms with Crippen LogP contribution in [0.15, 0.2) is 18.2 Å². The fraction of sp³-hybridized carbons (Fsp3) is 0.400. The number of fused-ring (bicyclic) bond motifs is 1. The molecular weight excluding hydrogens is 304 g/mol. The fourth-order valence-electron chi connectivity index (χ4n) is 2.00. The third-order valence-electron chi connectivity index (χ3n) is 3.09. The zero-order valence-electron chi connectivity index (χ0n) is 11.4. The topological polar surface area (TPSA) is 42.9 Å². The lowest BCUT2D eigenvalue weighted by Crippen LogP contribution is -2.08. The number of hydrogen-bond donors (Lipinski definition) is 0. The Morgan fingerprint density at radius 3 is 2.47 bits per heavy atom. The highest BCUT2D eigenvalue weighted by Crippen LogP contribution is 2.19. The van der Waals surface area contributed by atoms with Gasteiger partial charge in [-0.3, -0.25) is 4.79 Å². The molecule has 4 heteroatoms. The maximum atomic E-state index is 12.0. The van der Waals surface area contributed by atoms with Gasteiger partial charge in [0, 0.05) is 16.8 Å². The van der Waals surface area contributed by atoms with Gasteiger partial charge in [-0.1, -0.05) is 36.7 Å². The zero-order chi connectivity index (χ0) is 14.0. The summed E-state index contributed by atoms with van der Waals surface area (Å²) < 4.78 is 0. The molecule has 0 saturated heterocycles. The van der Waals surface area contributed by atoms with Crippen molar-refractivity contribution in [2.24, 2.45) is 5.92 Å². The van der Waals surface area contributed by atoms with Crippen molar-refractivity contribution in [1.29, 1.82) is 0 Å². The van der Waals surface area contributed by atoms with Crippen LogP contribution in [0.1, 0.15) is 42.5 Å². The quantitative estimate of drug-likeness (QED) is 0.633. The van der Waals surface area contributed by atoms with Crippen LogP contribution in [0, 0.1) is 5.92 Å². The second kappa shape index (κ2) is 5.78. The maximum Gasteiger partial charge on any atom is 0.165 e. The van der Waals surface area contributed by atoms with Gasteiger partial charge < -0.3 is 0 Å². The number of ketones is 1. The first-order valence-corrected chi connectivity index (χ1v) is 7.58. The highest BCUT2D eigenvalue weighted by molar-refractivity contribution is 9.08. The molecule has 0 aliphatic carbocycles. The van der Waals surface area contributed by atoms with Crippen LogP contribution in [0.5, 0.6) is 0 Å². The first-order valence-electron chi connectivity index (χ1n) is 6.46. The fourth-order valence-corrected chi connectivity index (χ4v) is 2.45. The van der Waals surface area contributed by atoms with Crippen molar-refractivity contribution in [3.05, 3.63) is 35.2 Å². The summed E-state index contributed by atoms with van der Waals surface area (Å²) in [4.78, 5) is 21.2. The number of aryl methyl sites for hydroxylation is 1. The normalized spacial score (nSPS) is 11.2. The Bertz CT molecular complexity index is 623. The van der Waals surface area contributed by atoms with Crippen molar-refractivity contribution in [3.8, 4) is 0 Å². The van der Waals surface area contributed by atoms with Crippen molar-refractivity contribution in [3.63, 3.8) is 0 Å². The van der Waals surface area contributed by atoms with E-state index < -0.39 is 0 Å². The molecule has 19 heavy (non-hydrogen) atoms. The Hall–Kier alpha value is -1.29. The molecule has 100 valence electrons. The molecule has 0 bridgehead atoms. The predicted octanol–water partition coefficient (Wildman–Crippen LogP) is 3.93. The molecule has 0 fully saturated rings. The van der Waals surface area contributed by atoms with E-state index in [1.54, 1.807) is 0 Å². The SMILES string of the molecule is CCc1nc2cc(C(=O)C(C)C)ccc2nc1CBr. The van der Waals surface area contributed by atoms with Gasteiger partial charge in [-0.15, -0.1) is 0 Å². The van der Waals surface area contributed by atoms with Gasteiger partial charge in [-0.25, -0.2) is 9.97 Å². The minimum Gasteiger partial charge on any atom is -0.294 e. The maximum absolute atomic E-state index is 12.0. The van der Waals surface area contributed by atoms with Crippen LogP contribution < -0.4 is 0 Å². The van der Waals surface area contributed by atoms with Gasteiger partial charge in [0.05, 0.1) is 22.4 Å². The molecule has 0 amide bonds. The van der Waals surface area contributed by atoms with Crippen molar-refractivity contribution < 1.29 is 4.79 Å². The minimum absolute atomic E-state index is 0.00197. The van der Waals surface area contributed by atoms with Crippen LogP contribution in [-0.4, -0.2) is 15.8 Å². The Morgan fingerprint density at radius 1 is 1.21 bits per heavy atom. The van der Waals surface area contributed by atoms with Gasteiger partial charge in [-0.2, -0.15) is 0 Å². The van der Waals surface area contributed by atoms with E-state index in [0.29, 0.717) is 10.9 Å². The lowest BCUT2D eigenvalue weighted by Gasteiger charge is -2.08. The Balaban J connectivity index is 2.57. The number of nitrogens with zero attached hydrogens (tertiary/aromatic N) is 2. The van der Waals surface area contributed by atoms with E-state index in [-0.39, 0.29) is 11.7 Å². The number of rotatable bonds is 4. The van der Waals surface area contributed by atoms with Crippen LogP contribution in [-0.2, 0) is 11.8 Å². The molecule has 3 nitrogen and oxygen atoms in total. The summed E-state index contributed by atoms with van der Waals surface area (Å²) in [5.74, 6) is 0.143. The van der Waals surface area contributed by atoms with E-state index in [0.717, 1.165) is 28.8 Å². The molecule has 0 saturated carbocycles. The van der Waals surface area contributed by atoms with Crippen LogP contribution in [0.25, 0.3) is 11.0 Å². The predicted molar refractivity (Wildman–Crippen MR) is 80.7 cm³/mol. The number of hydrogen-bond acceptors (Lipinski definition) is 3. The molecule has 0 atom stereocenters. The number of carbonyl (C=O) groups is 1. The third-order valence-corrected chi connectivity index (χ3v) is 3.62. The minimum atomic E-state index is -0.00197. The summed E-state index contributed by atoms with van der Waals surface area (Å²) in [6, 6.07) is 5.56. The Morgan fingerprint density at radius 2 is 1.89 bits per heavy atom. The van der Waals surface area contributed by atoms with E-state index in [4.69, 9.17) is 0 Å². The lowest BCUT2D eigenvalue weighted by molar-refractivity contribution is 0.0939. The average molecular weight is 321 g/mol. The van der Waals surface area contributed by atoms with Crippen molar-refractivity contribution in [2.45, 2.75) is 32.5 Å². The van der Waals surface area contributed by atoms with E-state index in [1.165, 1.54) is 0 Å². The lowest BCUT2D eigenvalue weighted by atomic mass is 10.0. The van der Waals surface area contributed by atoms with Gasteiger partial charge in [0.1, 0.15) is 0 Å². The van der Waals surface area contributed by atoms with E-state index in [1.807, 2.05) is 32.0 Å². The monoisotopic (exact) mass is 320 g/mol. The molecular formula is C15H17BrN2O. The second-order valence-electron chi connectivity index (χ2n) is 4.83. The first-order chi connectivity index (χ1) is 9.06. The van der Waals surface area contributed by atoms with E-state index in [2.05, 4.69) is 32.8 Å². The first kappa shape index (κ1) is 14.1. The summed E-state index contributed by atoms with van der Waals surface area (Å²) in [7, 11) is 0. The smallest absolute Gasteiger partial charge is 0.165 e. The highest BCUT2D eigenvalue weighted by Gasteiger charge is 2.12. The van der Waals surface area contributed by atoms with Crippen molar-refractivity contribution in [2.75, 3.05) is 0 Å². The molecule has 1 aromatic heterocycles. The van der Waals surface area contributed by atoms with Gasteiger partial charge in [0.2, 0.25) is 0 Å². The van der Waals surface area contributed by atoms with Gasteiger partial charge in [-0.05, 0) is 24.6 Å². The zero-order valence-corrected chi connectivity index (χ0v) is 13.0. The van der Waals surface area contributed by atoms with Crippen LogP contribution >= 0.6 is 15.9 Å². The van der Waals surface area contributed by atoms with Crippen LogP contribution in [0.2, 0.25) is 0 Å². The summed E-state index contributed by atoms with van der Waals surface area (Å²) >= 11 is 3.44. The van der Waals surface area contributed by atoms with Gasteiger partial charge in [0.15, 0.2) is 5.78 Å². The standard InChI is InChI=1S/C15H17BrN2O/c1-4-11-14(8-16)18-12-6-5-10(7-13(12)17-11)15(19)9(2)3/h5-7,9H,4,8H2,1-3H3. The number of alkyl halides is 1. The number of benzene rings is 1. The highest BCUT2D eigenvalue weighted by atomic mass is 79.9. The average Bonchev–Trinajstić information content (AvgIpc) is 2.44. The summed E-state index contributed by atoms with van der Waals surface area (Å²) in [6.45, 7) is 5.87. The number of aromatic nitrogens is 2. The molecule has 0 spiro atoms. The van der Waals surface area contributed by atoms with Crippen LogP contribution in [0.3, 0.4) is 0 Å². The summed E-state index contributed by atoms with van der Waals surface area (Å²) in [6.07, 6.45) is 0.840. The Labute approximate surface area is 121 Å². The van der Waals surface area contributed by atoms with Crippen molar-refractivity contribution in [1.82, 2.24) is 9.97 Å². The number of halogens is 1. The summed E-state index contributed by atoms with van der Waals surface area (Å²) in [5.41, 5.74) is 4.31. The molecule has 0 aliphatic rings. The molecule has 2 aromatic rings.